The molecule has 0 rings (SSSR count). The van der Waals surface area contributed by atoms with Crippen LogP contribution in [0.2, 0.25) is 0 Å². The molecule has 2 heteroatoms. The van der Waals surface area contributed by atoms with Crippen molar-refractivity contribution in [2.75, 3.05) is 6.54 Å². The summed E-state index contributed by atoms with van der Waals surface area (Å²) in [6.45, 7) is 7.71. The average molecular weight is 313 g/mol. The molecule has 1 atom stereocenters. The smallest absolute Gasteiger partial charge is 0.0180 e. The maximum Gasteiger partial charge on any atom is 0.0180 e. The van der Waals surface area contributed by atoms with Gasteiger partial charge in [-0.15, -0.1) is 0 Å². The molecular weight excluding hydrogens is 268 g/mol. The van der Waals surface area contributed by atoms with E-state index in [0.29, 0.717) is 5.92 Å². The van der Waals surface area contributed by atoms with Gasteiger partial charge in [-0.1, -0.05) is 85.0 Å². The fourth-order valence-corrected chi connectivity index (χ4v) is 3.44. The van der Waals surface area contributed by atoms with E-state index in [9.17, 15) is 0 Å². The molecular formula is C20H44N2. The molecule has 1 unspecified atom stereocenters. The van der Waals surface area contributed by atoms with Crippen LogP contribution in [0.3, 0.4) is 0 Å². The Morgan fingerprint density at radius 3 is 1.59 bits per heavy atom. The number of rotatable bonds is 16. The first kappa shape index (κ1) is 21.9. The summed E-state index contributed by atoms with van der Waals surface area (Å²) in [6, 6.07) is 0. The molecule has 0 fully saturated rings. The third-order valence-electron chi connectivity index (χ3n) is 5.31. The van der Waals surface area contributed by atoms with Crippen molar-refractivity contribution in [1.82, 2.24) is 0 Å². The van der Waals surface area contributed by atoms with E-state index >= 15 is 0 Å². The zero-order valence-corrected chi connectivity index (χ0v) is 15.8. The molecule has 0 radical (unpaired) electrons. The lowest BCUT2D eigenvalue weighted by Crippen LogP contribution is -2.46. The standard InChI is InChI=1S/C20H44N2/c1-4-6-8-10-12-16-20(22,19(3)15-14-18-21)17-13-11-9-7-5-2/h19H,4-18,21-22H2,1-3H3. The van der Waals surface area contributed by atoms with E-state index in [1.54, 1.807) is 0 Å². The Balaban J connectivity index is 4.21. The lowest BCUT2D eigenvalue weighted by molar-refractivity contribution is 0.222. The van der Waals surface area contributed by atoms with Crippen LogP contribution in [-0.4, -0.2) is 12.1 Å². The minimum atomic E-state index is 0.0492. The number of hydrogen-bond donors (Lipinski definition) is 2. The topological polar surface area (TPSA) is 52.0 Å². The highest BCUT2D eigenvalue weighted by Crippen LogP contribution is 2.31. The van der Waals surface area contributed by atoms with E-state index in [1.807, 2.05) is 0 Å². The molecule has 0 spiro atoms. The summed E-state index contributed by atoms with van der Waals surface area (Å²) < 4.78 is 0. The fraction of sp³-hybridized carbons (Fsp3) is 1.00. The second-order valence-electron chi connectivity index (χ2n) is 7.39. The number of hydrogen-bond acceptors (Lipinski definition) is 2. The van der Waals surface area contributed by atoms with Crippen molar-refractivity contribution in [3.8, 4) is 0 Å². The molecule has 0 aliphatic rings. The van der Waals surface area contributed by atoms with Crippen LogP contribution < -0.4 is 11.5 Å². The molecule has 0 aromatic heterocycles. The predicted octanol–water partition coefficient (Wildman–Crippen LogP) is 5.78. The van der Waals surface area contributed by atoms with E-state index in [4.69, 9.17) is 11.5 Å². The maximum absolute atomic E-state index is 6.87. The van der Waals surface area contributed by atoms with Crippen molar-refractivity contribution >= 4 is 0 Å². The highest BCUT2D eigenvalue weighted by molar-refractivity contribution is 4.89. The Kier molecular flexibility index (Phi) is 14.5. The quantitative estimate of drug-likeness (QED) is 0.355. The summed E-state index contributed by atoms with van der Waals surface area (Å²) in [7, 11) is 0. The second-order valence-corrected chi connectivity index (χ2v) is 7.39. The molecule has 2 nitrogen and oxygen atoms in total. The molecule has 0 aromatic carbocycles. The predicted molar refractivity (Wildman–Crippen MR) is 101 cm³/mol. The first-order valence-corrected chi connectivity index (χ1v) is 10.1. The van der Waals surface area contributed by atoms with Gasteiger partial charge in [-0.3, -0.25) is 0 Å². The minimum Gasteiger partial charge on any atom is -0.330 e. The molecule has 4 N–H and O–H groups in total. The molecule has 0 amide bonds. The van der Waals surface area contributed by atoms with Crippen LogP contribution in [0.15, 0.2) is 0 Å². The van der Waals surface area contributed by atoms with Crippen LogP contribution >= 0.6 is 0 Å². The Hall–Kier alpha value is -0.0800. The first-order chi connectivity index (χ1) is 10.6. The Labute approximate surface area is 140 Å². The third-order valence-corrected chi connectivity index (χ3v) is 5.31. The first-order valence-electron chi connectivity index (χ1n) is 10.1. The van der Waals surface area contributed by atoms with Crippen LogP contribution in [-0.2, 0) is 0 Å². The molecule has 0 saturated carbocycles. The van der Waals surface area contributed by atoms with E-state index in [0.717, 1.165) is 13.0 Å². The highest BCUT2D eigenvalue weighted by Gasteiger charge is 2.30. The Morgan fingerprint density at radius 2 is 1.18 bits per heavy atom. The molecule has 22 heavy (non-hydrogen) atoms. The van der Waals surface area contributed by atoms with Gasteiger partial charge in [-0.2, -0.15) is 0 Å². The number of nitrogens with two attached hydrogens (primary N) is 2. The van der Waals surface area contributed by atoms with Gasteiger partial charge >= 0.3 is 0 Å². The van der Waals surface area contributed by atoms with Gasteiger partial charge in [0.25, 0.3) is 0 Å². The molecule has 0 aliphatic carbocycles. The van der Waals surface area contributed by atoms with Gasteiger partial charge < -0.3 is 11.5 Å². The lowest BCUT2D eigenvalue weighted by atomic mass is 9.75. The third kappa shape index (κ3) is 10.6. The molecule has 0 aliphatic heterocycles. The second kappa shape index (κ2) is 14.5. The van der Waals surface area contributed by atoms with Gasteiger partial charge in [-0.25, -0.2) is 0 Å². The highest BCUT2D eigenvalue weighted by atomic mass is 14.8. The summed E-state index contributed by atoms with van der Waals surface area (Å²) in [4.78, 5) is 0. The van der Waals surface area contributed by atoms with Crippen LogP contribution in [0.4, 0.5) is 0 Å². The van der Waals surface area contributed by atoms with Crippen molar-refractivity contribution in [2.24, 2.45) is 17.4 Å². The van der Waals surface area contributed by atoms with E-state index in [1.165, 1.54) is 83.5 Å². The van der Waals surface area contributed by atoms with Crippen LogP contribution in [0.5, 0.6) is 0 Å². The van der Waals surface area contributed by atoms with Crippen LogP contribution in [0.1, 0.15) is 111 Å². The molecule has 0 heterocycles. The summed E-state index contributed by atoms with van der Waals surface area (Å²) >= 11 is 0. The minimum absolute atomic E-state index is 0.0492. The zero-order valence-electron chi connectivity index (χ0n) is 15.8. The van der Waals surface area contributed by atoms with Gasteiger partial charge in [0.15, 0.2) is 0 Å². The van der Waals surface area contributed by atoms with Crippen molar-refractivity contribution < 1.29 is 0 Å². The Morgan fingerprint density at radius 1 is 0.727 bits per heavy atom. The summed E-state index contributed by atoms with van der Waals surface area (Å²) in [5.74, 6) is 0.605. The van der Waals surface area contributed by atoms with Gasteiger partial charge in [0.05, 0.1) is 0 Å². The summed E-state index contributed by atoms with van der Waals surface area (Å²) in [6.07, 6.45) is 18.2. The molecule has 134 valence electrons. The van der Waals surface area contributed by atoms with Crippen LogP contribution in [0, 0.1) is 5.92 Å². The van der Waals surface area contributed by atoms with Crippen molar-refractivity contribution in [2.45, 2.75) is 116 Å². The van der Waals surface area contributed by atoms with Gasteiger partial charge in [-0.05, 0) is 38.1 Å². The van der Waals surface area contributed by atoms with E-state index in [2.05, 4.69) is 20.8 Å². The van der Waals surface area contributed by atoms with Gasteiger partial charge in [0, 0.05) is 5.54 Å². The normalized spacial score (nSPS) is 13.5. The summed E-state index contributed by atoms with van der Waals surface area (Å²) in [5.41, 5.74) is 12.6. The van der Waals surface area contributed by atoms with Gasteiger partial charge in [0.2, 0.25) is 0 Å². The average Bonchev–Trinajstić information content (AvgIpc) is 2.52. The molecule has 0 aromatic rings. The van der Waals surface area contributed by atoms with E-state index < -0.39 is 0 Å². The van der Waals surface area contributed by atoms with E-state index in [-0.39, 0.29) is 5.54 Å². The maximum atomic E-state index is 6.87. The van der Waals surface area contributed by atoms with Crippen molar-refractivity contribution in [3.63, 3.8) is 0 Å². The van der Waals surface area contributed by atoms with Gasteiger partial charge in [0.1, 0.15) is 0 Å². The van der Waals surface area contributed by atoms with Crippen molar-refractivity contribution in [1.29, 1.82) is 0 Å². The van der Waals surface area contributed by atoms with Crippen LogP contribution in [0.25, 0.3) is 0 Å². The SMILES string of the molecule is CCCCCCCC(N)(CCCCCCC)C(C)CCCN. The molecule has 0 saturated heterocycles. The number of unbranched alkanes of at least 4 members (excludes halogenated alkanes) is 8. The zero-order chi connectivity index (χ0) is 16.7. The van der Waals surface area contributed by atoms with Crippen molar-refractivity contribution in [3.05, 3.63) is 0 Å². The molecule has 0 bridgehead atoms. The summed E-state index contributed by atoms with van der Waals surface area (Å²) in [5, 5.41) is 0. The Bertz CT molecular complexity index is 214. The largest absolute Gasteiger partial charge is 0.330 e. The monoisotopic (exact) mass is 312 g/mol. The fourth-order valence-electron chi connectivity index (χ4n) is 3.44. The lowest BCUT2D eigenvalue weighted by Gasteiger charge is -2.36.